The molecule has 1 fully saturated rings. The summed E-state index contributed by atoms with van der Waals surface area (Å²) in [5, 5.41) is 3.25. The van der Waals surface area contributed by atoms with Crippen molar-refractivity contribution < 1.29 is 18.0 Å². The fourth-order valence-electron chi connectivity index (χ4n) is 6.12. The van der Waals surface area contributed by atoms with E-state index in [1.807, 2.05) is 80.6 Å². The molecule has 1 unspecified atom stereocenters. The summed E-state index contributed by atoms with van der Waals surface area (Å²) in [6, 6.07) is 30.2. The zero-order valence-electron chi connectivity index (χ0n) is 26.9. The maximum Gasteiger partial charge on any atom is 0.264 e. The lowest BCUT2D eigenvalue weighted by molar-refractivity contribution is -0.140. The van der Waals surface area contributed by atoms with Gasteiger partial charge in [-0.1, -0.05) is 114 Å². The first kappa shape index (κ1) is 34.4. The third-order valence-corrected chi connectivity index (χ3v) is 11.0. The third-order valence-electron chi connectivity index (χ3n) is 8.74. The van der Waals surface area contributed by atoms with Crippen LogP contribution in [-0.2, 0) is 32.6 Å². The number of amides is 2. The van der Waals surface area contributed by atoms with Crippen LogP contribution in [0.25, 0.3) is 0 Å². The van der Waals surface area contributed by atoms with Crippen molar-refractivity contribution in [3.05, 3.63) is 130 Å². The van der Waals surface area contributed by atoms with Gasteiger partial charge in [0.2, 0.25) is 11.8 Å². The highest BCUT2D eigenvalue weighted by Gasteiger charge is 2.35. The van der Waals surface area contributed by atoms with Crippen molar-refractivity contribution in [1.82, 2.24) is 10.2 Å². The second-order valence-electron chi connectivity index (χ2n) is 12.3. The summed E-state index contributed by atoms with van der Waals surface area (Å²) in [6.45, 7) is 3.37. The molecule has 1 saturated carbocycles. The van der Waals surface area contributed by atoms with E-state index in [-0.39, 0.29) is 29.8 Å². The third kappa shape index (κ3) is 8.90. The summed E-state index contributed by atoms with van der Waals surface area (Å²) in [7, 11) is -4.15. The van der Waals surface area contributed by atoms with Gasteiger partial charge < -0.3 is 10.2 Å². The van der Waals surface area contributed by atoms with E-state index in [2.05, 4.69) is 21.2 Å². The molecule has 5 rings (SSSR count). The Hall–Kier alpha value is -3.95. The molecule has 0 aliphatic heterocycles. The van der Waals surface area contributed by atoms with Gasteiger partial charge in [0, 0.05) is 23.5 Å². The molecule has 1 aliphatic carbocycles. The molecular weight excluding hydrogens is 674 g/mol. The predicted molar refractivity (Wildman–Crippen MR) is 191 cm³/mol. The van der Waals surface area contributed by atoms with Crippen molar-refractivity contribution in [3.8, 4) is 0 Å². The van der Waals surface area contributed by atoms with Crippen molar-refractivity contribution in [2.24, 2.45) is 0 Å². The van der Waals surface area contributed by atoms with E-state index in [9.17, 15) is 18.0 Å². The van der Waals surface area contributed by atoms with Gasteiger partial charge in [-0.2, -0.15) is 0 Å². The number of hydrogen-bond acceptors (Lipinski definition) is 4. The van der Waals surface area contributed by atoms with Gasteiger partial charge in [-0.25, -0.2) is 8.42 Å². The Morgan fingerprint density at radius 2 is 1.49 bits per heavy atom. The Bertz CT molecular complexity index is 1770. The van der Waals surface area contributed by atoms with Gasteiger partial charge in [-0.05, 0) is 73.7 Å². The number of nitrogens with one attached hydrogen (secondary N) is 1. The Morgan fingerprint density at radius 1 is 0.830 bits per heavy atom. The molecule has 7 nitrogen and oxygen atoms in total. The SMILES string of the molecule is Cc1ccc(S(=O)(=O)N(CC(=O)N(Cc2cccc(Br)c2)C(Cc2ccccc2)C(=O)NC2CCCCC2)c2ccccc2C)cc1. The van der Waals surface area contributed by atoms with E-state index in [0.717, 1.165) is 53.3 Å². The molecule has 0 bridgehead atoms. The molecule has 246 valence electrons. The summed E-state index contributed by atoms with van der Waals surface area (Å²) >= 11 is 3.54. The Morgan fingerprint density at radius 3 is 2.17 bits per heavy atom. The van der Waals surface area contributed by atoms with E-state index in [1.165, 1.54) is 4.31 Å². The zero-order chi connectivity index (χ0) is 33.4. The first-order chi connectivity index (χ1) is 22.6. The average molecular weight is 717 g/mol. The van der Waals surface area contributed by atoms with Gasteiger partial charge in [0.15, 0.2) is 0 Å². The summed E-state index contributed by atoms with van der Waals surface area (Å²) in [4.78, 5) is 30.6. The first-order valence-electron chi connectivity index (χ1n) is 16.1. The van der Waals surface area contributed by atoms with E-state index in [4.69, 9.17) is 0 Å². The van der Waals surface area contributed by atoms with Crippen LogP contribution in [0.3, 0.4) is 0 Å². The van der Waals surface area contributed by atoms with E-state index in [1.54, 1.807) is 41.3 Å². The lowest BCUT2D eigenvalue weighted by Crippen LogP contribution is -2.55. The number of hydrogen-bond donors (Lipinski definition) is 1. The maximum absolute atomic E-state index is 14.7. The van der Waals surface area contributed by atoms with E-state index < -0.39 is 28.5 Å². The van der Waals surface area contributed by atoms with Crippen molar-refractivity contribution in [2.45, 2.75) is 75.9 Å². The van der Waals surface area contributed by atoms with Crippen LogP contribution in [0.15, 0.2) is 112 Å². The molecular formula is C38H42BrN3O4S. The Balaban J connectivity index is 1.57. The van der Waals surface area contributed by atoms with Crippen molar-refractivity contribution in [3.63, 3.8) is 0 Å². The van der Waals surface area contributed by atoms with Gasteiger partial charge in [-0.3, -0.25) is 13.9 Å². The molecule has 4 aromatic rings. The maximum atomic E-state index is 14.7. The Labute approximate surface area is 287 Å². The first-order valence-corrected chi connectivity index (χ1v) is 18.4. The van der Waals surface area contributed by atoms with E-state index >= 15 is 0 Å². The number of halogens is 1. The molecule has 0 heterocycles. The van der Waals surface area contributed by atoms with Gasteiger partial charge in [0.25, 0.3) is 10.0 Å². The minimum absolute atomic E-state index is 0.0442. The van der Waals surface area contributed by atoms with Crippen LogP contribution < -0.4 is 9.62 Å². The molecule has 1 N–H and O–H groups in total. The lowest BCUT2D eigenvalue weighted by atomic mass is 9.94. The Kier molecular flexibility index (Phi) is 11.5. The quantitative estimate of drug-likeness (QED) is 0.166. The number of anilines is 1. The lowest BCUT2D eigenvalue weighted by Gasteiger charge is -2.35. The number of aryl methyl sites for hydroxylation is 2. The van der Waals surface area contributed by atoms with Gasteiger partial charge in [0.1, 0.15) is 12.6 Å². The number of rotatable bonds is 12. The van der Waals surface area contributed by atoms with Gasteiger partial charge in [-0.15, -0.1) is 0 Å². The van der Waals surface area contributed by atoms with Crippen LogP contribution in [0.4, 0.5) is 5.69 Å². The van der Waals surface area contributed by atoms with Crippen LogP contribution in [-0.4, -0.2) is 43.8 Å². The molecule has 1 atom stereocenters. The van der Waals surface area contributed by atoms with Crippen molar-refractivity contribution >= 4 is 43.5 Å². The van der Waals surface area contributed by atoms with E-state index in [0.29, 0.717) is 11.3 Å². The number of carbonyl (C=O) groups is 2. The number of carbonyl (C=O) groups excluding carboxylic acids is 2. The van der Waals surface area contributed by atoms with Crippen LogP contribution in [0.1, 0.15) is 54.4 Å². The monoisotopic (exact) mass is 715 g/mol. The second-order valence-corrected chi connectivity index (χ2v) is 15.1. The van der Waals surface area contributed by atoms with Crippen LogP contribution in [0, 0.1) is 13.8 Å². The number of nitrogens with zero attached hydrogens (tertiary/aromatic N) is 2. The molecule has 9 heteroatoms. The molecule has 0 radical (unpaired) electrons. The average Bonchev–Trinajstić information content (AvgIpc) is 3.06. The zero-order valence-corrected chi connectivity index (χ0v) is 29.3. The molecule has 47 heavy (non-hydrogen) atoms. The smallest absolute Gasteiger partial charge is 0.264 e. The second kappa shape index (κ2) is 15.8. The highest BCUT2D eigenvalue weighted by Crippen LogP contribution is 2.28. The van der Waals surface area contributed by atoms with Crippen molar-refractivity contribution in [2.75, 3.05) is 10.8 Å². The summed E-state index contributed by atoms with van der Waals surface area (Å²) in [6.07, 6.45) is 5.35. The van der Waals surface area contributed by atoms with Gasteiger partial charge >= 0.3 is 0 Å². The summed E-state index contributed by atoms with van der Waals surface area (Å²) < 4.78 is 30.6. The number of benzene rings is 4. The standard InChI is InChI=1S/C38H42BrN3O4S/c1-28-20-22-34(23-21-28)47(45,46)42(35-19-10-9-12-29(35)2)27-37(43)41(26-31-15-11-16-32(39)24-31)36(25-30-13-5-3-6-14-30)38(44)40-33-17-7-4-8-18-33/h3,5-6,9-16,19-24,33,36H,4,7-8,17-18,25-27H2,1-2H3,(H,40,44). The van der Waals surface area contributed by atoms with Crippen molar-refractivity contribution in [1.29, 1.82) is 0 Å². The van der Waals surface area contributed by atoms with Crippen LogP contribution >= 0.6 is 15.9 Å². The van der Waals surface area contributed by atoms with Gasteiger partial charge in [0.05, 0.1) is 10.6 Å². The molecule has 4 aromatic carbocycles. The summed E-state index contributed by atoms with van der Waals surface area (Å²) in [5.41, 5.74) is 3.78. The topological polar surface area (TPSA) is 86.8 Å². The molecule has 0 spiro atoms. The molecule has 1 aliphatic rings. The van der Waals surface area contributed by atoms with Crippen LogP contribution in [0.5, 0.6) is 0 Å². The number of sulfonamides is 1. The highest BCUT2D eigenvalue weighted by molar-refractivity contribution is 9.10. The minimum Gasteiger partial charge on any atom is -0.352 e. The fraction of sp³-hybridized carbons (Fsp3) is 0.316. The molecule has 2 amide bonds. The minimum atomic E-state index is -4.15. The predicted octanol–water partition coefficient (Wildman–Crippen LogP) is 7.35. The number of para-hydroxylation sites is 1. The highest BCUT2D eigenvalue weighted by atomic mass is 79.9. The molecule has 0 saturated heterocycles. The fourth-order valence-corrected chi connectivity index (χ4v) is 8.05. The summed E-state index contributed by atoms with van der Waals surface area (Å²) in [5.74, 6) is -0.698. The normalized spacial score (nSPS) is 14.3. The molecule has 0 aromatic heterocycles. The van der Waals surface area contributed by atoms with Crippen LogP contribution in [0.2, 0.25) is 0 Å². The largest absolute Gasteiger partial charge is 0.352 e.